The molecule has 5 rings (SSSR count). The van der Waals surface area contributed by atoms with Crippen LogP contribution in [0.25, 0.3) is 0 Å². The average Bonchev–Trinajstić information content (AvgIpc) is 3.36. The van der Waals surface area contributed by atoms with Crippen molar-refractivity contribution in [2.45, 2.75) is 57.7 Å². The SMILES string of the molecule is O=c1ccc(C2CC2)nn1CC1CN(Cc2ncc3n2CCCC3)C1. The molecule has 0 radical (unpaired) electrons. The van der Waals surface area contributed by atoms with Crippen LogP contribution in [-0.4, -0.2) is 37.3 Å². The van der Waals surface area contributed by atoms with Gasteiger partial charge >= 0.3 is 0 Å². The normalized spacial score (nSPS) is 21.1. The maximum atomic E-state index is 12.1. The largest absolute Gasteiger partial charge is 0.331 e. The van der Waals surface area contributed by atoms with Crippen molar-refractivity contribution in [2.75, 3.05) is 13.1 Å². The van der Waals surface area contributed by atoms with E-state index >= 15 is 0 Å². The van der Waals surface area contributed by atoms with Crippen LogP contribution < -0.4 is 5.56 Å². The Morgan fingerprint density at radius 2 is 2.04 bits per heavy atom. The van der Waals surface area contributed by atoms with E-state index in [9.17, 15) is 4.79 Å². The van der Waals surface area contributed by atoms with Crippen LogP contribution in [0.1, 0.15) is 48.8 Å². The lowest BCUT2D eigenvalue weighted by Gasteiger charge is -2.39. The van der Waals surface area contributed by atoms with E-state index in [1.165, 1.54) is 43.6 Å². The molecule has 0 spiro atoms. The van der Waals surface area contributed by atoms with Gasteiger partial charge in [0.15, 0.2) is 0 Å². The van der Waals surface area contributed by atoms with Gasteiger partial charge in [-0.3, -0.25) is 9.69 Å². The van der Waals surface area contributed by atoms with E-state index in [0.29, 0.717) is 11.8 Å². The van der Waals surface area contributed by atoms with E-state index in [1.54, 1.807) is 10.7 Å². The monoisotopic (exact) mass is 339 g/mol. The standard InChI is InChI=1S/C19H25N5O/c25-19-7-6-17(15-4-5-15)21-24(19)12-14-10-22(11-14)13-18-20-9-16-3-1-2-8-23(16)18/h6-7,9,14-15H,1-5,8,10-13H2. The quantitative estimate of drug-likeness (QED) is 0.833. The number of hydrogen-bond donors (Lipinski definition) is 0. The van der Waals surface area contributed by atoms with Gasteiger partial charge in [0.2, 0.25) is 0 Å². The third-order valence-corrected chi connectivity index (χ3v) is 5.80. The molecule has 0 unspecified atom stereocenters. The lowest BCUT2D eigenvalue weighted by atomic mass is 10.0. The summed E-state index contributed by atoms with van der Waals surface area (Å²) in [6, 6.07) is 3.60. The second-order valence-corrected chi connectivity index (χ2v) is 7.89. The molecule has 1 saturated heterocycles. The van der Waals surface area contributed by atoms with Crippen LogP contribution in [0.15, 0.2) is 23.1 Å². The minimum Gasteiger partial charge on any atom is -0.331 e. The van der Waals surface area contributed by atoms with Crippen molar-refractivity contribution < 1.29 is 0 Å². The fourth-order valence-corrected chi connectivity index (χ4v) is 4.19. The highest BCUT2D eigenvalue weighted by atomic mass is 16.1. The molecule has 132 valence electrons. The van der Waals surface area contributed by atoms with Crippen molar-refractivity contribution in [3.8, 4) is 0 Å². The Bertz CT molecular complexity index is 829. The summed E-state index contributed by atoms with van der Waals surface area (Å²) in [5.74, 6) is 2.32. The molecule has 2 aromatic rings. The molecule has 6 heteroatoms. The van der Waals surface area contributed by atoms with Crippen LogP contribution in [0.5, 0.6) is 0 Å². The number of hydrogen-bond acceptors (Lipinski definition) is 4. The predicted molar refractivity (Wildman–Crippen MR) is 94.4 cm³/mol. The zero-order valence-corrected chi connectivity index (χ0v) is 14.6. The minimum absolute atomic E-state index is 0.0326. The van der Waals surface area contributed by atoms with Gasteiger partial charge in [0.1, 0.15) is 5.82 Å². The minimum atomic E-state index is 0.0326. The van der Waals surface area contributed by atoms with Gasteiger partial charge in [-0.05, 0) is 38.2 Å². The van der Waals surface area contributed by atoms with E-state index in [4.69, 9.17) is 0 Å². The van der Waals surface area contributed by atoms with Crippen molar-refractivity contribution in [1.29, 1.82) is 0 Å². The molecule has 0 atom stereocenters. The van der Waals surface area contributed by atoms with Gasteiger partial charge < -0.3 is 4.57 Å². The molecule has 0 amide bonds. The molecule has 25 heavy (non-hydrogen) atoms. The lowest BCUT2D eigenvalue weighted by Crippen LogP contribution is -2.49. The Morgan fingerprint density at radius 3 is 2.88 bits per heavy atom. The summed E-state index contributed by atoms with van der Waals surface area (Å²) in [6.07, 6.45) is 8.22. The van der Waals surface area contributed by atoms with Gasteiger partial charge in [0.05, 0.1) is 18.8 Å². The number of rotatable bonds is 5. The summed E-state index contributed by atoms with van der Waals surface area (Å²) in [5, 5.41) is 4.58. The van der Waals surface area contributed by atoms with Crippen LogP contribution >= 0.6 is 0 Å². The van der Waals surface area contributed by atoms with Crippen LogP contribution in [0.2, 0.25) is 0 Å². The second kappa shape index (κ2) is 6.09. The molecule has 0 N–H and O–H groups in total. The molecule has 2 aliphatic heterocycles. The van der Waals surface area contributed by atoms with E-state index in [1.807, 2.05) is 6.07 Å². The summed E-state index contributed by atoms with van der Waals surface area (Å²) in [5.41, 5.74) is 2.52. The third-order valence-electron chi connectivity index (χ3n) is 5.80. The topological polar surface area (TPSA) is 56.0 Å². The van der Waals surface area contributed by atoms with Gasteiger partial charge in [-0.25, -0.2) is 9.67 Å². The fourth-order valence-electron chi connectivity index (χ4n) is 4.19. The molecule has 2 aromatic heterocycles. The maximum absolute atomic E-state index is 12.1. The average molecular weight is 339 g/mol. The van der Waals surface area contributed by atoms with E-state index < -0.39 is 0 Å². The Kier molecular flexibility index (Phi) is 3.73. The first-order valence-electron chi connectivity index (χ1n) is 9.60. The summed E-state index contributed by atoms with van der Waals surface area (Å²) >= 11 is 0. The summed E-state index contributed by atoms with van der Waals surface area (Å²) in [4.78, 5) is 19.1. The molecular weight excluding hydrogens is 314 g/mol. The highest BCUT2D eigenvalue weighted by molar-refractivity contribution is 5.13. The first-order valence-corrected chi connectivity index (χ1v) is 9.60. The van der Waals surface area contributed by atoms with E-state index in [2.05, 4.69) is 25.7 Å². The third kappa shape index (κ3) is 3.03. The van der Waals surface area contributed by atoms with Gasteiger partial charge in [-0.1, -0.05) is 0 Å². The summed E-state index contributed by atoms with van der Waals surface area (Å²) < 4.78 is 4.09. The van der Waals surface area contributed by atoms with Crippen LogP contribution in [0.3, 0.4) is 0 Å². The summed E-state index contributed by atoms with van der Waals surface area (Å²) in [6.45, 7) is 4.86. The van der Waals surface area contributed by atoms with E-state index in [-0.39, 0.29) is 5.56 Å². The molecule has 0 bridgehead atoms. The van der Waals surface area contributed by atoms with E-state index in [0.717, 1.165) is 38.4 Å². The van der Waals surface area contributed by atoms with Gasteiger partial charge in [-0.2, -0.15) is 5.10 Å². The van der Waals surface area contributed by atoms with Gasteiger partial charge in [0, 0.05) is 49.4 Å². The highest BCUT2D eigenvalue weighted by Crippen LogP contribution is 2.38. The van der Waals surface area contributed by atoms with Crippen molar-refractivity contribution in [3.05, 3.63) is 45.9 Å². The second-order valence-electron chi connectivity index (χ2n) is 7.89. The smallest absolute Gasteiger partial charge is 0.266 e. The number of likely N-dealkylation sites (tertiary alicyclic amines) is 1. The molecule has 6 nitrogen and oxygen atoms in total. The Labute approximate surface area is 147 Å². The molecule has 4 heterocycles. The van der Waals surface area contributed by atoms with Crippen molar-refractivity contribution in [1.82, 2.24) is 24.2 Å². The number of aromatic nitrogens is 4. The molecule has 1 aliphatic carbocycles. The molecule has 1 saturated carbocycles. The first kappa shape index (κ1) is 15.3. The van der Waals surface area contributed by atoms with Gasteiger partial charge in [-0.15, -0.1) is 0 Å². The molecular formula is C19H25N5O. The number of imidazole rings is 1. The van der Waals surface area contributed by atoms with Crippen molar-refractivity contribution in [2.24, 2.45) is 5.92 Å². The van der Waals surface area contributed by atoms with Crippen LogP contribution in [-0.2, 0) is 26.1 Å². The summed E-state index contributed by atoms with van der Waals surface area (Å²) in [7, 11) is 0. The zero-order chi connectivity index (χ0) is 16.8. The molecule has 3 aliphatic rings. The predicted octanol–water partition coefficient (Wildman–Crippen LogP) is 1.79. The molecule has 0 aromatic carbocycles. The fraction of sp³-hybridized carbons (Fsp3) is 0.632. The number of aryl methyl sites for hydroxylation is 1. The zero-order valence-electron chi connectivity index (χ0n) is 14.6. The highest BCUT2D eigenvalue weighted by Gasteiger charge is 2.30. The Hall–Kier alpha value is -1.95. The van der Waals surface area contributed by atoms with Crippen LogP contribution in [0.4, 0.5) is 0 Å². The lowest BCUT2D eigenvalue weighted by molar-refractivity contribution is 0.0725. The van der Waals surface area contributed by atoms with Crippen molar-refractivity contribution >= 4 is 0 Å². The molecule has 2 fully saturated rings. The number of fused-ring (bicyclic) bond motifs is 1. The Morgan fingerprint density at radius 1 is 1.16 bits per heavy atom. The number of nitrogens with zero attached hydrogens (tertiary/aromatic N) is 5. The maximum Gasteiger partial charge on any atom is 0.266 e. The Balaban J connectivity index is 1.19. The van der Waals surface area contributed by atoms with Gasteiger partial charge in [0.25, 0.3) is 5.56 Å². The van der Waals surface area contributed by atoms with Crippen molar-refractivity contribution in [3.63, 3.8) is 0 Å². The van der Waals surface area contributed by atoms with Crippen LogP contribution in [0, 0.1) is 5.92 Å². The first-order chi connectivity index (χ1) is 12.3.